The quantitative estimate of drug-likeness (QED) is 0.347. The third kappa shape index (κ3) is 36.8. The number of carboxylic acids is 2. The summed E-state index contributed by atoms with van der Waals surface area (Å²) in [5.41, 5.74) is 0. The van der Waals surface area contributed by atoms with Crippen LogP contribution in [-0.2, 0) is 43.7 Å². The Labute approximate surface area is 99.4 Å². The zero-order chi connectivity index (χ0) is 5.15. The van der Waals surface area contributed by atoms with E-state index in [1.165, 1.54) is 0 Å². The summed E-state index contributed by atoms with van der Waals surface area (Å²) in [6.07, 6.45) is 0. The van der Waals surface area contributed by atoms with Crippen molar-refractivity contribution in [1.29, 1.82) is 0 Å². The zero-order valence-corrected chi connectivity index (χ0v) is 6.73. The zero-order valence-electron chi connectivity index (χ0n) is 4.44. The Morgan fingerprint density at radius 3 is 1.00 bits per heavy atom. The number of rotatable bonds is 0. The molecule has 1 radical (unpaired) electrons. The Morgan fingerprint density at radius 1 is 0.909 bits per heavy atom. The van der Waals surface area contributed by atoms with E-state index in [1.807, 2.05) is 0 Å². The molecule has 0 spiro atoms. The van der Waals surface area contributed by atoms with Crippen LogP contribution in [0, 0.1) is 0 Å². The molecule has 11 heavy (non-hydrogen) atoms. The minimum absolute atomic E-state index is 0. The van der Waals surface area contributed by atoms with Gasteiger partial charge in [-0.25, -0.2) is 9.59 Å². The van der Waals surface area contributed by atoms with Gasteiger partial charge in [0, 0.05) is 34.1 Å². The molecular weight excluding hydrogens is 255 g/mol. The fraction of sp³-hybridized carbons (Fsp3) is 0. The molecule has 6 nitrogen and oxygen atoms in total. The fourth-order valence-corrected chi connectivity index (χ4v) is 0. The van der Waals surface area contributed by atoms with Crippen molar-refractivity contribution in [2.45, 2.75) is 0 Å². The Kier molecular flexibility index (Phi) is 84.3. The molecule has 0 bridgehead atoms. The number of hydrogen-bond acceptors (Lipinski definition) is 2. The summed E-state index contributed by atoms with van der Waals surface area (Å²) in [4.78, 5) is 18.2. The molecule has 0 amide bonds. The van der Waals surface area contributed by atoms with E-state index in [-0.39, 0.29) is 68.1 Å². The first-order valence-electron chi connectivity index (χ1n) is 1.11. The van der Waals surface area contributed by atoms with Gasteiger partial charge in [0.05, 0.1) is 0 Å². The Bertz CT molecular complexity index is 86.6. The Balaban J connectivity index is -0.0000000125. The average molecular weight is 263 g/mol. The van der Waals surface area contributed by atoms with Crippen LogP contribution in [0.25, 0.3) is 0 Å². The second kappa shape index (κ2) is 22.4. The van der Waals surface area contributed by atoms with E-state index >= 15 is 0 Å². The molecule has 0 aromatic rings. The fourth-order valence-electron chi connectivity index (χ4n) is 0. The van der Waals surface area contributed by atoms with E-state index in [9.17, 15) is 0 Å². The monoisotopic (exact) mass is 263 g/mol. The van der Waals surface area contributed by atoms with E-state index in [0.717, 1.165) is 0 Å². The summed E-state index contributed by atoms with van der Waals surface area (Å²) >= 11 is 0. The van der Waals surface area contributed by atoms with Gasteiger partial charge in [0.2, 0.25) is 0 Å². The van der Waals surface area contributed by atoms with Crippen LogP contribution >= 0.6 is 0 Å². The normalized spacial score (nSPS) is 4.00. The first kappa shape index (κ1) is 41.3. The van der Waals surface area contributed by atoms with Gasteiger partial charge in [-0.05, 0) is 0 Å². The molecule has 9 heteroatoms. The maximum Gasteiger partial charge on any atom is 0.414 e. The van der Waals surface area contributed by atoms with Crippen molar-refractivity contribution in [3.05, 3.63) is 0 Å². The van der Waals surface area contributed by atoms with Crippen LogP contribution in [0.1, 0.15) is 0 Å². The molecule has 6 N–H and O–H groups in total. The molecule has 0 fully saturated rings. The van der Waals surface area contributed by atoms with Crippen molar-refractivity contribution in [3.8, 4) is 0 Å². The molecule has 0 heterocycles. The van der Waals surface area contributed by atoms with Crippen LogP contribution in [0.4, 0.5) is 0 Å². The molecule has 0 aliphatic heterocycles. The van der Waals surface area contributed by atoms with Crippen LogP contribution in [-0.4, -0.2) is 56.2 Å². The van der Waals surface area contributed by atoms with Gasteiger partial charge in [-0.15, -0.1) is 0 Å². The number of hydrogen-bond donors (Lipinski definition) is 2. The molecule has 0 saturated heterocycles. The maximum atomic E-state index is 9.10. The first-order chi connectivity index (χ1) is 2.64. The molecule has 0 aliphatic rings. The van der Waals surface area contributed by atoms with Crippen molar-refractivity contribution in [2.75, 3.05) is 0 Å². The summed E-state index contributed by atoms with van der Waals surface area (Å²) in [6, 6.07) is 0. The van der Waals surface area contributed by atoms with Crippen LogP contribution in [0.15, 0.2) is 0 Å². The third-order valence-electron chi connectivity index (χ3n) is 0.183. The largest absolute Gasteiger partial charge is 0.473 e. The van der Waals surface area contributed by atoms with E-state index in [4.69, 9.17) is 19.8 Å². The van der Waals surface area contributed by atoms with Crippen LogP contribution < -0.4 is 0 Å². The van der Waals surface area contributed by atoms with E-state index in [0.29, 0.717) is 0 Å². The smallest absolute Gasteiger partial charge is 0.414 e. The average Bonchev–Trinajstić information content (AvgIpc) is 1.36. The van der Waals surface area contributed by atoms with Gasteiger partial charge in [-0.3, -0.25) is 0 Å². The third-order valence-corrected chi connectivity index (χ3v) is 0.183. The predicted octanol–water partition coefficient (Wildman–Crippen LogP) is -3.42. The van der Waals surface area contributed by atoms with Gasteiger partial charge in [0.1, 0.15) is 0 Å². The van der Waals surface area contributed by atoms with E-state index in [2.05, 4.69) is 0 Å². The molecule has 0 aromatic carbocycles. The topological polar surface area (TPSA) is 138 Å². The Hall–Kier alpha value is 0.665. The molecule has 0 aromatic heterocycles. The summed E-state index contributed by atoms with van der Waals surface area (Å²) in [7, 11) is 0. The summed E-state index contributed by atoms with van der Waals surface area (Å²) in [6.45, 7) is 0. The van der Waals surface area contributed by atoms with Crippen molar-refractivity contribution < 1.29 is 64.9 Å². The maximum absolute atomic E-state index is 9.10. The van der Waals surface area contributed by atoms with Gasteiger partial charge < -0.3 is 21.2 Å². The second-order valence-corrected chi connectivity index (χ2v) is 0.610. The van der Waals surface area contributed by atoms with Gasteiger partial charge in [0.25, 0.3) is 0 Å². The van der Waals surface area contributed by atoms with Crippen LogP contribution in [0.2, 0.25) is 0 Å². The number of carboxylic acid groups (broad SMARTS) is 2. The molecule has 0 aliphatic carbocycles. The molecule has 0 unspecified atom stereocenters. The van der Waals surface area contributed by atoms with E-state index in [1.54, 1.807) is 0 Å². The molecule has 0 atom stereocenters. The number of aliphatic carboxylic acids is 2. The minimum atomic E-state index is -1.82. The Morgan fingerprint density at radius 2 is 1.00 bits per heavy atom. The molecular formula is C2H8FeMgMnO6. The van der Waals surface area contributed by atoms with Crippen molar-refractivity contribution in [2.24, 2.45) is 0 Å². The van der Waals surface area contributed by atoms with Gasteiger partial charge in [0.15, 0.2) is 0 Å². The van der Waals surface area contributed by atoms with Crippen LogP contribution in [0.5, 0.6) is 0 Å². The minimum Gasteiger partial charge on any atom is -0.473 e. The second-order valence-electron chi connectivity index (χ2n) is 0.610. The van der Waals surface area contributed by atoms with Crippen molar-refractivity contribution in [1.82, 2.24) is 0 Å². The summed E-state index contributed by atoms with van der Waals surface area (Å²) < 4.78 is 0. The molecule has 69 valence electrons. The SMILES string of the molecule is O.O.O=C(O)C(=O)O.[Fe].[MgH2].[Mn]. The van der Waals surface area contributed by atoms with Crippen molar-refractivity contribution in [3.63, 3.8) is 0 Å². The number of carbonyl (C=O) groups is 2. The predicted molar refractivity (Wildman–Crippen MR) is 31.0 cm³/mol. The molecule has 0 rings (SSSR count). The van der Waals surface area contributed by atoms with Gasteiger partial charge in [-0.2, -0.15) is 0 Å². The van der Waals surface area contributed by atoms with Gasteiger partial charge in [-0.1, -0.05) is 0 Å². The first-order valence-corrected chi connectivity index (χ1v) is 1.11. The van der Waals surface area contributed by atoms with Crippen LogP contribution in [0.3, 0.4) is 0 Å². The van der Waals surface area contributed by atoms with Gasteiger partial charge >= 0.3 is 35.0 Å². The standard InChI is InChI=1S/C2H2O4.Fe.Mg.Mn.2H2O.2H/c3-1(4)2(5)6;;;;;;;/h(H,3,4)(H,5,6);;;;2*1H2;;. The summed E-state index contributed by atoms with van der Waals surface area (Å²) in [5.74, 6) is -3.65. The summed E-state index contributed by atoms with van der Waals surface area (Å²) in [5, 5.41) is 14.8. The van der Waals surface area contributed by atoms with Crippen molar-refractivity contribution >= 4 is 35.0 Å². The van der Waals surface area contributed by atoms with E-state index < -0.39 is 11.9 Å². The molecule has 0 saturated carbocycles.